The highest BCUT2D eigenvalue weighted by Gasteiger charge is 2.26. The Morgan fingerprint density at radius 3 is 2.58 bits per heavy atom. The van der Waals surface area contributed by atoms with E-state index in [9.17, 15) is 0 Å². The summed E-state index contributed by atoms with van der Waals surface area (Å²) in [5.41, 5.74) is 0. The summed E-state index contributed by atoms with van der Waals surface area (Å²) in [5.74, 6) is 2.71. The van der Waals surface area contributed by atoms with Crippen molar-refractivity contribution in [3.63, 3.8) is 0 Å². The lowest BCUT2D eigenvalue weighted by Gasteiger charge is -2.28. The van der Waals surface area contributed by atoms with E-state index in [1.54, 1.807) is 0 Å². The van der Waals surface area contributed by atoms with E-state index in [2.05, 4.69) is 40.0 Å². The summed E-state index contributed by atoms with van der Waals surface area (Å²) in [6, 6.07) is 2.69. The monoisotopic (exact) mass is 359 g/mol. The van der Waals surface area contributed by atoms with E-state index < -0.39 is 0 Å². The van der Waals surface area contributed by atoms with Gasteiger partial charge in [0, 0.05) is 38.4 Å². The van der Waals surface area contributed by atoms with Crippen molar-refractivity contribution in [3.8, 4) is 0 Å². The van der Waals surface area contributed by atoms with E-state index in [0.717, 1.165) is 37.3 Å². The number of aromatic nitrogens is 2. The molecule has 3 heterocycles. The molecule has 5 nitrogen and oxygen atoms in total. The largest absolute Gasteiger partial charge is 0.356 e. The number of rotatable bonds is 8. The van der Waals surface area contributed by atoms with Gasteiger partial charge in [-0.1, -0.05) is 39.5 Å². The zero-order valence-corrected chi connectivity index (χ0v) is 16.8. The molecule has 1 N–H and O–H groups in total. The number of likely N-dealkylation sites (tertiary alicyclic amines) is 1. The van der Waals surface area contributed by atoms with Gasteiger partial charge in [-0.05, 0) is 44.2 Å². The van der Waals surface area contributed by atoms with Gasteiger partial charge < -0.3 is 10.2 Å². The van der Waals surface area contributed by atoms with Crippen LogP contribution in [0.1, 0.15) is 65.2 Å². The molecule has 2 saturated heterocycles. The maximum Gasteiger partial charge on any atom is 0.224 e. The summed E-state index contributed by atoms with van der Waals surface area (Å²) in [5, 5.41) is 3.53. The summed E-state index contributed by atoms with van der Waals surface area (Å²) in [6.45, 7) is 10.3. The molecule has 0 spiro atoms. The molecule has 0 amide bonds. The van der Waals surface area contributed by atoms with Crippen molar-refractivity contribution in [2.24, 2.45) is 5.92 Å². The molecule has 3 rings (SSSR count). The Labute approximate surface area is 159 Å². The van der Waals surface area contributed by atoms with Crippen LogP contribution in [-0.4, -0.2) is 53.6 Å². The van der Waals surface area contributed by atoms with Crippen molar-refractivity contribution in [1.29, 1.82) is 0 Å². The SMILES string of the molecule is CCC(CC)CN1CCCC1CNc1nccc(N2CCCCCC2)n1. The highest BCUT2D eigenvalue weighted by atomic mass is 15.2. The van der Waals surface area contributed by atoms with Gasteiger partial charge in [0.1, 0.15) is 5.82 Å². The normalized spacial score (nSPS) is 22.0. The number of hydrogen-bond acceptors (Lipinski definition) is 5. The summed E-state index contributed by atoms with van der Waals surface area (Å²) in [7, 11) is 0. The maximum absolute atomic E-state index is 4.80. The second kappa shape index (κ2) is 10.1. The van der Waals surface area contributed by atoms with Crippen LogP contribution in [0.25, 0.3) is 0 Å². The van der Waals surface area contributed by atoms with Crippen LogP contribution in [0.3, 0.4) is 0 Å². The maximum atomic E-state index is 4.80. The van der Waals surface area contributed by atoms with Crippen LogP contribution in [0, 0.1) is 5.92 Å². The van der Waals surface area contributed by atoms with Gasteiger partial charge in [0.2, 0.25) is 5.95 Å². The minimum atomic E-state index is 0.626. The van der Waals surface area contributed by atoms with Gasteiger partial charge in [-0.3, -0.25) is 4.90 Å². The Kier molecular flexibility index (Phi) is 7.54. The fraction of sp³-hybridized carbons (Fsp3) is 0.810. The van der Waals surface area contributed by atoms with E-state index in [1.807, 2.05) is 6.20 Å². The minimum Gasteiger partial charge on any atom is -0.356 e. The molecule has 1 atom stereocenters. The Morgan fingerprint density at radius 1 is 1.08 bits per heavy atom. The first-order chi connectivity index (χ1) is 12.8. The molecule has 146 valence electrons. The zero-order valence-electron chi connectivity index (χ0n) is 16.8. The van der Waals surface area contributed by atoms with Crippen molar-refractivity contribution in [2.45, 2.75) is 71.3 Å². The standard InChI is InChI=1S/C21H37N5/c1-3-18(4-2)17-26-15-9-10-19(26)16-23-21-22-12-11-20(24-21)25-13-7-5-6-8-14-25/h11-12,18-19H,3-10,13-17H2,1-2H3,(H,22,23,24). The van der Waals surface area contributed by atoms with Crippen LogP contribution in [0.5, 0.6) is 0 Å². The highest BCUT2D eigenvalue weighted by molar-refractivity contribution is 5.42. The van der Waals surface area contributed by atoms with Crippen LogP contribution in [0.4, 0.5) is 11.8 Å². The Morgan fingerprint density at radius 2 is 1.85 bits per heavy atom. The number of hydrogen-bond donors (Lipinski definition) is 1. The van der Waals surface area contributed by atoms with E-state index in [-0.39, 0.29) is 0 Å². The van der Waals surface area contributed by atoms with Crippen molar-refractivity contribution in [3.05, 3.63) is 12.3 Å². The van der Waals surface area contributed by atoms with E-state index in [0.29, 0.717) is 6.04 Å². The van der Waals surface area contributed by atoms with Gasteiger partial charge in [0.05, 0.1) is 0 Å². The molecular formula is C21H37N5. The molecule has 1 unspecified atom stereocenters. The molecule has 2 aliphatic heterocycles. The first kappa shape index (κ1) is 19.4. The highest BCUT2D eigenvalue weighted by Crippen LogP contribution is 2.22. The molecule has 0 aromatic carbocycles. The average molecular weight is 360 g/mol. The van der Waals surface area contributed by atoms with Gasteiger partial charge in [-0.2, -0.15) is 4.98 Å². The van der Waals surface area contributed by atoms with Crippen LogP contribution >= 0.6 is 0 Å². The number of nitrogens with zero attached hydrogens (tertiary/aromatic N) is 4. The third-order valence-electron chi connectivity index (χ3n) is 6.21. The summed E-state index contributed by atoms with van der Waals surface area (Å²) < 4.78 is 0. The third-order valence-corrected chi connectivity index (χ3v) is 6.21. The molecule has 5 heteroatoms. The van der Waals surface area contributed by atoms with Crippen LogP contribution in [-0.2, 0) is 0 Å². The smallest absolute Gasteiger partial charge is 0.224 e. The number of anilines is 2. The molecule has 2 fully saturated rings. The van der Waals surface area contributed by atoms with Crippen LogP contribution in [0.15, 0.2) is 12.3 Å². The van der Waals surface area contributed by atoms with Gasteiger partial charge >= 0.3 is 0 Å². The van der Waals surface area contributed by atoms with Gasteiger partial charge in [0.15, 0.2) is 0 Å². The fourth-order valence-electron chi connectivity index (χ4n) is 4.36. The van der Waals surface area contributed by atoms with E-state index in [4.69, 9.17) is 4.98 Å². The van der Waals surface area contributed by atoms with E-state index in [1.165, 1.54) is 64.5 Å². The molecule has 1 aromatic rings. The molecule has 1 aromatic heterocycles. The lowest BCUT2D eigenvalue weighted by molar-refractivity contribution is 0.214. The van der Waals surface area contributed by atoms with Crippen molar-refractivity contribution < 1.29 is 0 Å². The van der Waals surface area contributed by atoms with E-state index >= 15 is 0 Å². The van der Waals surface area contributed by atoms with Gasteiger partial charge in [-0.25, -0.2) is 4.98 Å². The predicted octanol–water partition coefficient (Wildman–Crippen LogP) is 4.17. The quantitative estimate of drug-likeness (QED) is 0.755. The average Bonchev–Trinajstić information content (AvgIpc) is 2.94. The zero-order chi connectivity index (χ0) is 18.2. The lowest BCUT2D eigenvalue weighted by atomic mass is 10.0. The topological polar surface area (TPSA) is 44.3 Å². The third kappa shape index (κ3) is 5.32. The second-order valence-electron chi connectivity index (χ2n) is 7.99. The molecule has 0 bridgehead atoms. The first-order valence-electron chi connectivity index (χ1n) is 10.9. The predicted molar refractivity (Wildman–Crippen MR) is 110 cm³/mol. The van der Waals surface area contributed by atoms with Crippen LogP contribution in [0.2, 0.25) is 0 Å². The molecule has 0 radical (unpaired) electrons. The lowest BCUT2D eigenvalue weighted by Crippen LogP contribution is -2.38. The number of nitrogens with one attached hydrogen (secondary N) is 1. The molecule has 2 aliphatic rings. The van der Waals surface area contributed by atoms with Gasteiger partial charge in [0.25, 0.3) is 0 Å². The summed E-state index contributed by atoms with van der Waals surface area (Å²) in [4.78, 5) is 14.4. The van der Waals surface area contributed by atoms with Crippen LogP contribution < -0.4 is 10.2 Å². The van der Waals surface area contributed by atoms with Crippen molar-refractivity contribution in [1.82, 2.24) is 14.9 Å². The summed E-state index contributed by atoms with van der Waals surface area (Å²) in [6.07, 6.45) is 12.3. The molecule has 26 heavy (non-hydrogen) atoms. The van der Waals surface area contributed by atoms with Crippen molar-refractivity contribution in [2.75, 3.05) is 42.9 Å². The summed E-state index contributed by atoms with van der Waals surface area (Å²) >= 11 is 0. The second-order valence-corrected chi connectivity index (χ2v) is 7.99. The molecular weight excluding hydrogens is 322 g/mol. The molecule has 0 saturated carbocycles. The Balaban J connectivity index is 1.54. The Hall–Kier alpha value is -1.36. The minimum absolute atomic E-state index is 0.626. The first-order valence-corrected chi connectivity index (χ1v) is 10.9. The van der Waals surface area contributed by atoms with Gasteiger partial charge in [-0.15, -0.1) is 0 Å². The molecule has 0 aliphatic carbocycles. The van der Waals surface area contributed by atoms with Crippen molar-refractivity contribution >= 4 is 11.8 Å². The Bertz CT molecular complexity index is 523. The fourth-order valence-corrected chi connectivity index (χ4v) is 4.36.